The van der Waals surface area contributed by atoms with E-state index in [1.54, 1.807) is 24.3 Å². The fraction of sp³-hybridized carbons (Fsp3) is 0.300. The smallest absolute Gasteiger partial charge is 0.243 e. The first-order valence-electron chi connectivity index (χ1n) is 8.92. The van der Waals surface area contributed by atoms with Crippen LogP contribution >= 0.6 is 11.8 Å². The van der Waals surface area contributed by atoms with Crippen LogP contribution in [0.3, 0.4) is 0 Å². The van der Waals surface area contributed by atoms with E-state index in [0.717, 1.165) is 5.56 Å². The Morgan fingerprint density at radius 1 is 1.18 bits per heavy atom. The van der Waals surface area contributed by atoms with Crippen LogP contribution in [0.2, 0.25) is 0 Å². The molecule has 2 aromatic rings. The normalized spacial score (nSPS) is 20.5. The first-order chi connectivity index (χ1) is 13.6. The van der Waals surface area contributed by atoms with Crippen molar-refractivity contribution in [2.45, 2.75) is 24.3 Å². The molecule has 0 bridgehead atoms. The quantitative estimate of drug-likeness (QED) is 0.800. The van der Waals surface area contributed by atoms with Gasteiger partial charge in [-0.25, -0.2) is 4.39 Å². The zero-order valence-electron chi connectivity index (χ0n) is 14.9. The van der Waals surface area contributed by atoms with Crippen molar-refractivity contribution in [1.29, 1.82) is 0 Å². The highest BCUT2D eigenvalue weighted by Crippen LogP contribution is 2.35. The third kappa shape index (κ3) is 3.91. The number of carbonyl (C=O) groups is 2. The van der Waals surface area contributed by atoms with Gasteiger partial charge in [0, 0.05) is 17.9 Å². The van der Waals surface area contributed by atoms with Crippen molar-refractivity contribution >= 4 is 23.6 Å². The maximum Gasteiger partial charge on any atom is 0.243 e. The fourth-order valence-electron chi connectivity index (χ4n) is 3.19. The van der Waals surface area contributed by atoms with Gasteiger partial charge in [-0.2, -0.15) is 0 Å². The maximum atomic E-state index is 13.8. The molecule has 0 aromatic heterocycles. The Bertz CT molecular complexity index is 908. The van der Waals surface area contributed by atoms with Crippen molar-refractivity contribution < 1.29 is 23.5 Å². The predicted molar refractivity (Wildman–Crippen MR) is 103 cm³/mol. The van der Waals surface area contributed by atoms with E-state index in [1.807, 2.05) is 12.1 Å². The van der Waals surface area contributed by atoms with Gasteiger partial charge in [-0.3, -0.25) is 9.59 Å². The van der Waals surface area contributed by atoms with Crippen molar-refractivity contribution in [2.75, 3.05) is 12.5 Å². The zero-order valence-corrected chi connectivity index (χ0v) is 15.8. The van der Waals surface area contributed by atoms with E-state index in [4.69, 9.17) is 9.47 Å². The maximum absolute atomic E-state index is 13.8. The summed E-state index contributed by atoms with van der Waals surface area (Å²) in [6.07, 6.45) is 0.297. The fourth-order valence-corrected chi connectivity index (χ4v) is 4.36. The van der Waals surface area contributed by atoms with Crippen LogP contribution in [0.15, 0.2) is 42.5 Å². The van der Waals surface area contributed by atoms with Crippen molar-refractivity contribution in [3.05, 3.63) is 59.4 Å². The molecule has 0 saturated carbocycles. The molecule has 146 valence electrons. The number of benzene rings is 2. The van der Waals surface area contributed by atoms with Gasteiger partial charge in [0.1, 0.15) is 11.9 Å². The minimum absolute atomic E-state index is 0.166. The number of nitrogens with one attached hydrogen (secondary N) is 2. The van der Waals surface area contributed by atoms with Gasteiger partial charge >= 0.3 is 0 Å². The number of carbonyl (C=O) groups excluding carboxylic acids is 2. The summed E-state index contributed by atoms with van der Waals surface area (Å²) >= 11 is 1.37. The van der Waals surface area contributed by atoms with Crippen LogP contribution in [-0.2, 0) is 22.6 Å². The summed E-state index contributed by atoms with van der Waals surface area (Å²) in [4.78, 5) is 24.8. The van der Waals surface area contributed by atoms with Crippen LogP contribution in [0.25, 0.3) is 0 Å². The average molecular weight is 402 g/mol. The van der Waals surface area contributed by atoms with Crippen LogP contribution in [0.5, 0.6) is 11.5 Å². The zero-order chi connectivity index (χ0) is 19.5. The largest absolute Gasteiger partial charge is 0.454 e. The van der Waals surface area contributed by atoms with Gasteiger partial charge < -0.3 is 20.1 Å². The Labute approximate surface area is 165 Å². The molecule has 28 heavy (non-hydrogen) atoms. The molecule has 2 amide bonds. The van der Waals surface area contributed by atoms with Crippen molar-refractivity contribution in [3.63, 3.8) is 0 Å². The van der Waals surface area contributed by atoms with Gasteiger partial charge in [0.15, 0.2) is 11.5 Å². The third-order valence-electron chi connectivity index (χ3n) is 4.68. The van der Waals surface area contributed by atoms with Crippen LogP contribution < -0.4 is 20.1 Å². The summed E-state index contributed by atoms with van der Waals surface area (Å²) in [5.74, 6) is 0.888. The molecule has 0 spiro atoms. The first-order valence-corrected chi connectivity index (χ1v) is 9.97. The molecule has 2 aliphatic rings. The second kappa shape index (κ2) is 8.10. The summed E-state index contributed by atoms with van der Waals surface area (Å²) in [5.41, 5.74) is 1.31. The molecule has 6 nitrogen and oxygen atoms in total. The molecule has 1 fully saturated rings. The number of ether oxygens (including phenoxy) is 2. The summed E-state index contributed by atoms with van der Waals surface area (Å²) in [5, 5.41) is 5.16. The lowest BCUT2D eigenvalue weighted by Gasteiger charge is -2.28. The van der Waals surface area contributed by atoms with Crippen LogP contribution in [0.1, 0.15) is 11.1 Å². The number of para-hydroxylation sites is 1. The van der Waals surface area contributed by atoms with Crippen molar-refractivity contribution in [1.82, 2.24) is 10.6 Å². The molecule has 2 unspecified atom stereocenters. The SMILES string of the molecule is O=C(NCc1cccc2c1OCO2)C1CSC(Cc2ccccc2F)C(=O)N1. The van der Waals surface area contributed by atoms with Crippen LogP contribution in [0.4, 0.5) is 4.39 Å². The standard InChI is InChI=1S/C20H19FN2O4S/c21-14-6-2-1-4-12(14)8-17-20(25)23-15(10-28-17)19(24)22-9-13-5-3-7-16-18(13)27-11-26-16/h1-7,15,17H,8-11H2,(H,22,24)(H,23,25). The minimum Gasteiger partial charge on any atom is -0.454 e. The lowest BCUT2D eigenvalue weighted by atomic mass is 10.1. The molecular weight excluding hydrogens is 383 g/mol. The number of halogens is 1. The van der Waals surface area contributed by atoms with E-state index in [9.17, 15) is 14.0 Å². The molecule has 4 rings (SSSR count). The van der Waals surface area contributed by atoms with Crippen molar-refractivity contribution in [3.8, 4) is 11.5 Å². The summed E-state index contributed by atoms with van der Waals surface area (Å²) in [6, 6.07) is 11.3. The van der Waals surface area contributed by atoms with E-state index >= 15 is 0 Å². The molecule has 2 aromatic carbocycles. The van der Waals surface area contributed by atoms with Crippen molar-refractivity contribution in [2.24, 2.45) is 0 Å². The topological polar surface area (TPSA) is 76.7 Å². The summed E-state index contributed by atoms with van der Waals surface area (Å²) in [6.45, 7) is 0.445. The minimum atomic E-state index is -0.622. The predicted octanol–water partition coefficient (Wildman–Crippen LogP) is 2.01. The number of hydrogen-bond donors (Lipinski definition) is 2. The highest BCUT2D eigenvalue weighted by molar-refractivity contribution is 8.00. The second-order valence-electron chi connectivity index (χ2n) is 6.55. The van der Waals surface area contributed by atoms with Crippen LogP contribution in [-0.4, -0.2) is 35.7 Å². The molecule has 8 heteroatoms. The van der Waals surface area contributed by atoms with E-state index in [-0.39, 0.29) is 31.0 Å². The molecule has 0 aliphatic carbocycles. The lowest BCUT2D eigenvalue weighted by Crippen LogP contribution is -2.54. The van der Waals surface area contributed by atoms with Gasteiger partial charge in [0.2, 0.25) is 18.6 Å². The highest BCUT2D eigenvalue weighted by Gasteiger charge is 2.32. The molecule has 2 aliphatic heterocycles. The highest BCUT2D eigenvalue weighted by atomic mass is 32.2. The summed E-state index contributed by atoms with van der Waals surface area (Å²) in [7, 11) is 0. The van der Waals surface area contributed by atoms with Gasteiger partial charge in [-0.15, -0.1) is 11.8 Å². The number of fused-ring (bicyclic) bond motifs is 1. The monoisotopic (exact) mass is 402 g/mol. The first kappa shape index (κ1) is 18.6. The number of amides is 2. The Balaban J connectivity index is 1.32. The van der Waals surface area contributed by atoms with E-state index in [2.05, 4.69) is 10.6 Å². The number of rotatable bonds is 5. The van der Waals surface area contributed by atoms with Gasteiger partial charge in [0.05, 0.1) is 5.25 Å². The Morgan fingerprint density at radius 2 is 2.00 bits per heavy atom. The molecule has 1 saturated heterocycles. The molecular formula is C20H19FN2O4S. The molecule has 2 atom stereocenters. The Kier molecular flexibility index (Phi) is 5.38. The van der Waals surface area contributed by atoms with Gasteiger partial charge in [-0.1, -0.05) is 30.3 Å². The number of thioether (sulfide) groups is 1. The van der Waals surface area contributed by atoms with E-state index in [1.165, 1.54) is 17.8 Å². The second-order valence-corrected chi connectivity index (χ2v) is 7.78. The Hall–Kier alpha value is -2.74. The van der Waals surface area contributed by atoms with Crippen LogP contribution in [0, 0.1) is 5.82 Å². The third-order valence-corrected chi connectivity index (χ3v) is 5.99. The summed E-state index contributed by atoms with van der Waals surface area (Å²) < 4.78 is 24.6. The lowest BCUT2D eigenvalue weighted by molar-refractivity contribution is -0.128. The average Bonchev–Trinajstić information content (AvgIpc) is 3.18. The molecule has 2 N–H and O–H groups in total. The van der Waals surface area contributed by atoms with Gasteiger partial charge in [-0.05, 0) is 24.1 Å². The molecule has 0 radical (unpaired) electrons. The van der Waals surface area contributed by atoms with Gasteiger partial charge in [0.25, 0.3) is 0 Å². The number of hydrogen-bond acceptors (Lipinski definition) is 5. The van der Waals surface area contributed by atoms with E-state index in [0.29, 0.717) is 29.2 Å². The molecule has 2 heterocycles. The Morgan fingerprint density at radius 3 is 2.82 bits per heavy atom. The van der Waals surface area contributed by atoms with E-state index < -0.39 is 11.3 Å².